The number of aromatic nitrogens is 1. The van der Waals surface area contributed by atoms with Crippen molar-refractivity contribution in [3.8, 4) is 17.2 Å². The maximum Gasteiger partial charge on any atom is 0.252 e. The van der Waals surface area contributed by atoms with Gasteiger partial charge in [-0.1, -0.05) is 36.4 Å². The maximum absolute atomic E-state index is 13.0. The van der Waals surface area contributed by atoms with E-state index in [9.17, 15) is 4.79 Å². The van der Waals surface area contributed by atoms with Gasteiger partial charge in [-0.05, 0) is 43.3 Å². The second kappa shape index (κ2) is 7.52. The predicted octanol–water partition coefficient (Wildman–Crippen LogP) is 5.20. The highest BCUT2D eigenvalue weighted by atomic mass is 16.5. The number of carbonyl (C=O) groups excluding carboxylic acids is 1. The fraction of sp³-hybridized carbons (Fsp3) is 0.120. The first-order chi connectivity index (χ1) is 14.7. The molecule has 5 rings (SSSR count). The molecule has 30 heavy (non-hydrogen) atoms. The van der Waals surface area contributed by atoms with Crippen molar-refractivity contribution in [1.82, 2.24) is 10.3 Å². The van der Waals surface area contributed by atoms with E-state index in [0.717, 1.165) is 27.8 Å². The normalized spacial score (nSPS) is 14.8. The highest BCUT2D eigenvalue weighted by molar-refractivity contribution is 5.96. The molecule has 4 aromatic rings. The molecule has 1 N–H and O–H groups in total. The standard InChI is InChI=1S/C25H20N2O3/c1-16-17(25(28)27-21-15-29-23-11-5-3-8-19(21)23)9-6-12-22(16)30-24-13-14-26-20-10-4-2-7-18(20)24/h2-14,21H,15H2,1H3,(H,27,28). The molecule has 0 aliphatic carbocycles. The molecule has 5 nitrogen and oxygen atoms in total. The Morgan fingerprint density at radius 3 is 2.77 bits per heavy atom. The van der Waals surface area contributed by atoms with E-state index < -0.39 is 0 Å². The van der Waals surface area contributed by atoms with Crippen LogP contribution in [0.2, 0.25) is 0 Å². The lowest BCUT2D eigenvalue weighted by molar-refractivity contribution is 0.0929. The van der Waals surface area contributed by atoms with Crippen molar-refractivity contribution in [2.45, 2.75) is 13.0 Å². The first-order valence-electron chi connectivity index (χ1n) is 9.84. The van der Waals surface area contributed by atoms with Gasteiger partial charge in [0.15, 0.2) is 0 Å². The van der Waals surface area contributed by atoms with Gasteiger partial charge in [-0.3, -0.25) is 9.78 Å². The minimum Gasteiger partial charge on any atom is -0.491 e. The Bertz CT molecular complexity index is 1250. The molecule has 0 spiro atoms. The van der Waals surface area contributed by atoms with Gasteiger partial charge in [-0.2, -0.15) is 0 Å². The molecule has 1 aliphatic heterocycles. The first-order valence-corrected chi connectivity index (χ1v) is 9.84. The number of nitrogens with zero attached hydrogens (tertiary/aromatic N) is 1. The van der Waals surface area contributed by atoms with Gasteiger partial charge in [0.2, 0.25) is 0 Å². The number of hydrogen-bond donors (Lipinski definition) is 1. The smallest absolute Gasteiger partial charge is 0.252 e. The van der Waals surface area contributed by atoms with Gasteiger partial charge in [0.1, 0.15) is 23.9 Å². The lowest BCUT2D eigenvalue weighted by Crippen LogP contribution is -2.30. The summed E-state index contributed by atoms with van der Waals surface area (Å²) in [6.45, 7) is 2.33. The van der Waals surface area contributed by atoms with Crippen LogP contribution in [-0.2, 0) is 0 Å². The van der Waals surface area contributed by atoms with E-state index in [4.69, 9.17) is 9.47 Å². The summed E-state index contributed by atoms with van der Waals surface area (Å²) >= 11 is 0. The van der Waals surface area contributed by atoms with Crippen LogP contribution in [0.25, 0.3) is 10.9 Å². The molecule has 148 valence electrons. The monoisotopic (exact) mass is 396 g/mol. The van der Waals surface area contributed by atoms with Crippen LogP contribution in [-0.4, -0.2) is 17.5 Å². The van der Waals surface area contributed by atoms with Crippen LogP contribution in [0.3, 0.4) is 0 Å². The van der Waals surface area contributed by atoms with Crippen LogP contribution >= 0.6 is 0 Å². The summed E-state index contributed by atoms with van der Waals surface area (Å²) in [6.07, 6.45) is 1.72. The number of nitrogens with one attached hydrogen (secondary N) is 1. The second-order valence-electron chi connectivity index (χ2n) is 7.23. The largest absolute Gasteiger partial charge is 0.491 e. The zero-order chi connectivity index (χ0) is 20.5. The van der Waals surface area contributed by atoms with E-state index in [1.54, 1.807) is 6.20 Å². The quantitative estimate of drug-likeness (QED) is 0.515. The molecule has 0 bridgehead atoms. The zero-order valence-corrected chi connectivity index (χ0v) is 16.5. The van der Waals surface area contributed by atoms with Crippen LogP contribution in [0.4, 0.5) is 0 Å². The Morgan fingerprint density at radius 1 is 1.00 bits per heavy atom. The van der Waals surface area contributed by atoms with E-state index in [-0.39, 0.29) is 11.9 Å². The summed E-state index contributed by atoms with van der Waals surface area (Å²) in [5.74, 6) is 2.02. The van der Waals surface area contributed by atoms with Crippen LogP contribution < -0.4 is 14.8 Å². The summed E-state index contributed by atoms with van der Waals surface area (Å²) in [4.78, 5) is 17.4. The molecule has 0 saturated carbocycles. The van der Waals surface area contributed by atoms with Crippen molar-refractivity contribution in [1.29, 1.82) is 0 Å². The predicted molar refractivity (Wildman–Crippen MR) is 115 cm³/mol. The molecule has 1 aliphatic rings. The fourth-order valence-corrected chi connectivity index (χ4v) is 3.77. The zero-order valence-electron chi connectivity index (χ0n) is 16.5. The number of pyridine rings is 1. The molecule has 5 heteroatoms. The van der Waals surface area contributed by atoms with Crippen LogP contribution in [0.1, 0.15) is 27.5 Å². The van der Waals surface area contributed by atoms with Gasteiger partial charge in [0.05, 0.1) is 11.6 Å². The molecule has 1 unspecified atom stereocenters. The van der Waals surface area contributed by atoms with E-state index in [2.05, 4.69) is 10.3 Å². The van der Waals surface area contributed by atoms with Gasteiger partial charge < -0.3 is 14.8 Å². The van der Waals surface area contributed by atoms with Gasteiger partial charge in [0, 0.05) is 28.3 Å². The second-order valence-corrected chi connectivity index (χ2v) is 7.23. The number of fused-ring (bicyclic) bond motifs is 2. The Labute approximate surface area is 174 Å². The topological polar surface area (TPSA) is 60.5 Å². The van der Waals surface area contributed by atoms with Crippen molar-refractivity contribution < 1.29 is 14.3 Å². The molecule has 0 fully saturated rings. The summed E-state index contributed by atoms with van der Waals surface area (Å²) in [5, 5.41) is 4.01. The van der Waals surface area contributed by atoms with Crippen LogP contribution in [0.5, 0.6) is 17.2 Å². The van der Waals surface area contributed by atoms with Crippen LogP contribution in [0, 0.1) is 6.92 Å². The number of hydrogen-bond acceptors (Lipinski definition) is 4. The Morgan fingerprint density at radius 2 is 1.83 bits per heavy atom. The minimum atomic E-state index is -0.165. The third kappa shape index (κ3) is 3.24. The van der Waals surface area contributed by atoms with Gasteiger partial charge in [-0.25, -0.2) is 0 Å². The number of rotatable bonds is 4. The summed E-state index contributed by atoms with van der Waals surface area (Å²) < 4.78 is 11.9. The number of benzene rings is 3. The van der Waals surface area contributed by atoms with E-state index in [0.29, 0.717) is 23.7 Å². The van der Waals surface area contributed by atoms with Crippen molar-refractivity contribution in [2.24, 2.45) is 0 Å². The average molecular weight is 396 g/mol. The molecule has 1 aromatic heterocycles. The molecule has 1 amide bonds. The van der Waals surface area contributed by atoms with Crippen molar-refractivity contribution in [2.75, 3.05) is 6.61 Å². The van der Waals surface area contributed by atoms with E-state index >= 15 is 0 Å². The van der Waals surface area contributed by atoms with Crippen LogP contribution in [0.15, 0.2) is 79.0 Å². The number of carbonyl (C=O) groups is 1. The lowest BCUT2D eigenvalue weighted by Gasteiger charge is -2.16. The summed E-state index contributed by atoms with van der Waals surface area (Å²) in [5.41, 5.74) is 3.22. The van der Waals surface area contributed by atoms with Crippen molar-refractivity contribution in [3.05, 3.63) is 95.7 Å². The average Bonchev–Trinajstić information content (AvgIpc) is 3.18. The van der Waals surface area contributed by atoms with Crippen molar-refractivity contribution in [3.63, 3.8) is 0 Å². The van der Waals surface area contributed by atoms with Gasteiger partial charge >= 0.3 is 0 Å². The minimum absolute atomic E-state index is 0.150. The summed E-state index contributed by atoms with van der Waals surface area (Å²) in [6, 6.07) is 22.8. The Balaban J connectivity index is 1.41. The molecule has 1 atom stereocenters. The Hall–Kier alpha value is -3.86. The third-order valence-corrected chi connectivity index (χ3v) is 5.36. The van der Waals surface area contributed by atoms with E-state index in [1.807, 2.05) is 79.7 Å². The molecular formula is C25H20N2O3. The van der Waals surface area contributed by atoms with E-state index in [1.165, 1.54) is 0 Å². The van der Waals surface area contributed by atoms with Gasteiger partial charge in [-0.15, -0.1) is 0 Å². The fourth-order valence-electron chi connectivity index (χ4n) is 3.77. The number of ether oxygens (including phenoxy) is 2. The maximum atomic E-state index is 13.0. The third-order valence-electron chi connectivity index (χ3n) is 5.36. The lowest BCUT2D eigenvalue weighted by atomic mass is 10.0. The first kappa shape index (κ1) is 18.2. The number of para-hydroxylation sites is 2. The molecule has 0 radical (unpaired) electrons. The summed E-state index contributed by atoms with van der Waals surface area (Å²) in [7, 11) is 0. The number of amides is 1. The Kier molecular flexibility index (Phi) is 4.56. The molecule has 3 aromatic carbocycles. The van der Waals surface area contributed by atoms with Crippen molar-refractivity contribution >= 4 is 16.8 Å². The highest BCUT2D eigenvalue weighted by Gasteiger charge is 2.26. The molecule has 0 saturated heterocycles. The highest BCUT2D eigenvalue weighted by Crippen LogP contribution is 2.34. The molecular weight excluding hydrogens is 376 g/mol. The van der Waals surface area contributed by atoms with Gasteiger partial charge in [0.25, 0.3) is 5.91 Å². The molecule has 2 heterocycles. The SMILES string of the molecule is Cc1c(Oc2ccnc3ccccc23)cccc1C(=O)NC1COc2ccccc21.